The van der Waals surface area contributed by atoms with Gasteiger partial charge < -0.3 is 5.73 Å². The first-order valence-corrected chi connectivity index (χ1v) is 7.56. The first-order chi connectivity index (χ1) is 9.24. The van der Waals surface area contributed by atoms with E-state index in [1.54, 1.807) is 0 Å². The summed E-state index contributed by atoms with van der Waals surface area (Å²) in [6.45, 7) is 2.20. The third-order valence-electron chi connectivity index (χ3n) is 3.52. The number of ketones is 1. The Morgan fingerprint density at radius 3 is 2.42 bits per heavy atom. The van der Waals surface area contributed by atoms with Crippen molar-refractivity contribution in [1.29, 1.82) is 0 Å². The molecule has 0 amide bonds. The van der Waals surface area contributed by atoms with Crippen LogP contribution >= 0.6 is 0 Å². The van der Waals surface area contributed by atoms with Crippen LogP contribution in [0.25, 0.3) is 0 Å². The van der Waals surface area contributed by atoms with Crippen molar-refractivity contribution < 1.29 is 4.79 Å². The SMILES string of the molecule is CCCCCCCC(=O)CCC(N)c1ccccc1. The van der Waals surface area contributed by atoms with Gasteiger partial charge in [-0.05, 0) is 18.4 Å². The predicted molar refractivity (Wildman–Crippen MR) is 81.0 cm³/mol. The predicted octanol–water partition coefficient (Wildman–Crippen LogP) is 4.40. The zero-order valence-electron chi connectivity index (χ0n) is 12.1. The van der Waals surface area contributed by atoms with E-state index < -0.39 is 0 Å². The Hall–Kier alpha value is -1.15. The Kier molecular flexibility index (Phi) is 8.15. The van der Waals surface area contributed by atoms with E-state index in [2.05, 4.69) is 6.92 Å². The molecule has 1 atom stereocenters. The highest BCUT2D eigenvalue weighted by Gasteiger charge is 2.08. The van der Waals surface area contributed by atoms with Crippen molar-refractivity contribution in [3.05, 3.63) is 35.9 Å². The van der Waals surface area contributed by atoms with Crippen LogP contribution in [0.2, 0.25) is 0 Å². The van der Waals surface area contributed by atoms with Crippen molar-refractivity contribution in [1.82, 2.24) is 0 Å². The number of rotatable bonds is 10. The Morgan fingerprint density at radius 2 is 1.74 bits per heavy atom. The van der Waals surface area contributed by atoms with Gasteiger partial charge in [-0.3, -0.25) is 4.79 Å². The topological polar surface area (TPSA) is 43.1 Å². The monoisotopic (exact) mass is 261 g/mol. The van der Waals surface area contributed by atoms with Gasteiger partial charge in [0.1, 0.15) is 5.78 Å². The molecule has 0 spiro atoms. The van der Waals surface area contributed by atoms with Gasteiger partial charge in [-0.15, -0.1) is 0 Å². The number of nitrogens with two attached hydrogens (primary N) is 1. The molecule has 0 aromatic heterocycles. The summed E-state index contributed by atoms with van der Waals surface area (Å²) in [6.07, 6.45) is 8.12. The van der Waals surface area contributed by atoms with E-state index >= 15 is 0 Å². The molecule has 0 saturated heterocycles. The van der Waals surface area contributed by atoms with Gasteiger partial charge in [0, 0.05) is 18.9 Å². The second-order valence-electron chi connectivity index (χ2n) is 5.26. The Bertz CT molecular complexity index is 348. The van der Waals surface area contributed by atoms with Crippen LogP contribution in [0, 0.1) is 0 Å². The van der Waals surface area contributed by atoms with Gasteiger partial charge in [-0.25, -0.2) is 0 Å². The molecule has 2 N–H and O–H groups in total. The molecular formula is C17H27NO. The Morgan fingerprint density at radius 1 is 1.05 bits per heavy atom. The second-order valence-corrected chi connectivity index (χ2v) is 5.26. The second kappa shape index (κ2) is 9.74. The fraction of sp³-hybridized carbons (Fsp3) is 0.588. The third kappa shape index (κ3) is 7.12. The van der Waals surface area contributed by atoms with Crippen LogP contribution in [-0.4, -0.2) is 5.78 Å². The lowest BCUT2D eigenvalue weighted by molar-refractivity contribution is -0.119. The molecular weight excluding hydrogens is 234 g/mol. The van der Waals surface area contributed by atoms with Gasteiger partial charge >= 0.3 is 0 Å². The molecule has 0 heterocycles. The lowest BCUT2D eigenvalue weighted by Gasteiger charge is -2.11. The summed E-state index contributed by atoms with van der Waals surface area (Å²) >= 11 is 0. The molecule has 1 unspecified atom stereocenters. The highest BCUT2D eigenvalue weighted by Crippen LogP contribution is 2.16. The van der Waals surface area contributed by atoms with E-state index in [1.165, 1.54) is 25.7 Å². The molecule has 0 bridgehead atoms. The van der Waals surface area contributed by atoms with E-state index in [4.69, 9.17) is 5.73 Å². The number of Topliss-reactive ketones (excluding diaryl/α,β-unsaturated/α-hetero) is 1. The minimum Gasteiger partial charge on any atom is -0.324 e. The number of carbonyl (C=O) groups is 1. The molecule has 0 radical (unpaired) electrons. The molecule has 1 aromatic rings. The van der Waals surface area contributed by atoms with Crippen molar-refractivity contribution in [3.63, 3.8) is 0 Å². The molecule has 0 aliphatic rings. The fourth-order valence-electron chi connectivity index (χ4n) is 2.23. The van der Waals surface area contributed by atoms with Crippen LogP contribution in [0.5, 0.6) is 0 Å². The van der Waals surface area contributed by atoms with Gasteiger partial charge in [-0.2, -0.15) is 0 Å². The summed E-state index contributed by atoms with van der Waals surface area (Å²) < 4.78 is 0. The van der Waals surface area contributed by atoms with Crippen molar-refractivity contribution in [2.75, 3.05) is 0 Å². The minimum atomic E-state index is -0.00904. The smallest absolute Gasteiger partial charge is 0.132 e. The highest BCUT2D eigenvalue weighted by molar-refractivity contribution is 5.78. The average Bonchev–Trinajstić information content (AvgIpc) is 2.45. The first-order valence-electron chi connectivity index (χ1n) is 7.56. The molecule has 106 valence electrons. The summed E-state index contributed by atoms with van der Waals surface area (Å²) in [5.74, 6) is 0.364. The normalized spacial score (nSPS) is 12.3. The summed E-state index contributed by atoms with van der Waals surface area (Å²) in [5, 5.41) is 0. The molecule has 0 saturated carbocycles. The molecule has 1 aromatic carbocycles. The molecule has 2 nitrogen and oxygen atoms in total. The maximum atomic E-state index is 11.8. The van der Waals surface area contributed by atoms with E-state index in [1.807, 2.05) is 30.3 Å². The average molecular weight is 261 g/mol. The van der Waals surface area contributed by atoms with Crippen LogP contribution in [-0.2, 0) is 4.79 Å². The van der Waals surface area contributed by atoms with Crippen molar-refractivity contribution in [2.45, 2.75) is 64.3 Å². The van der Waals surface area contributed by atoms with Crippen molar-refractivity contribution in [2.24, 2.45) is 5.73 Å². The summed E-state index contributed by atoms with van der Waals surface area (Å²) in [5.41, 5.74) is 7.21. The minimum absolute atomic E-state index is 0.00904. The van der Waals surface area contributed by atoms with E-state index in [9.17, 15) is 4.79 Å². The van der Waals surface area contributed by atoms with E-state index in [0.29, 0.717) is 12.2 Å². The number of hydrogen-bond donors (Lipinski definition) is 1. The summed E-state index contributed by atoms with van der Waals surface area (Å²) in [4.78, 5) is 11.8. The largest absolute Gasteiger partial charge is 0.324 e. The van der Waals surface area contributed by atoms with Gasteiger partial charge in [0.05, 0.1) is 0 Å². The Labute approximate surface area is 117 Å². The maximum absolute atomic E-state index is 11.8. The maximum Gasteiger partial charge on any atom is 0.132 e. The molecule has 1 rings (SSSR count). The van der Waals surface area contributed by atoms with Gasteiger partial charge in [0.2, 0.25) is 0 Å². The number of unbranched alkanes of at least 4 members (excludes halogenated alkanes) is 4. The van der Waals surface area contributed by atoms with E-state index in [-0.39, 0.29) is 6.04 Å². The first kappa shape index (κ1) is 15.9. The lowest BCUT2D eigenvalue weighted by Crippen LogP contribution is -2.12. The van der Waals surface area contributed by atoms with Crippen molar-refractivity contribution in [3.8, 4) is 0 Å². The molecule has 19 heavy (non-hydrogen) atoms. The van der Waals surface area contributed by atoms with Crippen LogP contribution in [0.15, 0.2) is 30.3 Å². The molecule has 0 fully saturated rings. The van der Waals surface area contributed by atoms with Crippen LogP contribution < -0.4 is 5.73 Å². The van der Waals surface area contributed by atoms with Gasteiger partial charge in [-0.1, -0.05) is 62.9 Å². The van der Waals surface area contributed by atoms with Crippen molar-refractivity contribution >= 4 is 5.78 Å². The Balaban J connectivity index is 2.13. The zero-order chi connectivity index (χ0) is 13.9. The van der Waals surface area contributed by atoms with Crippen LogP contribution in [0.4, 0.5) is 0 Å². The van der Waals surface area contributed by atoms with E-state index in [0.717, 1.165) is 24.8 Å². The zero-order valence-corrected chi connectivity index (χ0v) is 12.1. The number of benzene rings is 1. The highest BCUT2D eigenvalue weighted by atomic mass is 16.1. The van der Waals surface area contributed by atoms with Gasteiger partial charge in [0.15, 0.2) is 0 Å². The molecule has 0 aliphatic heterocycles. The number of hydrogen-bond acceptors (Lipinski definition) is 2. The standard InChI is InChI=1S/C17H27NO/c1-2-3-4-5-9-12-16(19)13-14-17(18)15-10-7-6-8-11-15/h6-8,10-11,17H,2-5,9,12-14,18H2,1H3. The molecule has 2 heteroatoms. The summed E-state index contributed by atoms with van der Waals surface area (Å²) in [7, 11) is 0. The quantitative estimate of drug-likeness (QED) is 0.634. The fourth-order valence-corrected chi connectivity index (χ4v) is 2.23. The third-order valence-corrected chi connectivity index (χ3v) is 3.52. The molecule has 0 aliphatic carbocycles. The number of carbonyl (C=O) groups excluding carboxylic acids is 1. The van der Waals surface area contributed by atoms with Crippen LogP contribution in [0.1, 0.15) is 69.9 Å². The lowest BCUT2D eigenvalue weighted by atomic mass is 9.99. The van der Waals surface area contributed by atoms with Gasteiger partial charge in [0.25, 0.3) is 0 Å². The van der Waals surface area contributed by atoms with Crippen LogP contribution in [0.3, 0.4) is 0 Å². The summed E-state index contributed by atoms with van der Waals surface area (Å²) in [6, 6.07) is 10.0.